The molecule has 2 atom stereocenters. The van der Waals surface area contributed by atoms with Gasteiger partial charge in [0.15, 0.2) is 5.56 Å². The van der Waals surface area contributed by atoms with Crippen molar-refractivity contribution in [2.24, 2.45) is 0 Å². The Morgan fingerprint density at radius 1 is 1.62 bits per heavy atom. The number of aromatic carboxylic acids is 1. The summed E-state index contributed by atoms with van der Waals surface area (Å²) in [4.78, 5) is 18.2. The van der Waals surface area contributed by atoms with Gasteiger partial charge in [-0.25, -0.2) is 9.48 Å². The van der Waals surface area contributed by atoms with Gasteiger partial charge in [-0.15, -0.1) is 4.52 Å². The molecule has 0 radical (unpaired) electrons. The summed E-state index contributed by atoms with van der Waals surface area (Å²) >= 11 is 0. The first-order chi connectivity index (χ1) is 10.2. The number of fused-ring (bicyclic) bond motifs is 3. The molecule has 21 heavy (non-hydrogen) atoms. The van der Waals surface area contributed by atoms with Gasteiger partial charge in [0, 0.05) is 12.6 Å². The molecule has 0 saturated carbocycles. The predicted octanol–water partition coefficient (Wildman–Crippen LogP) is 0.317. The molecular weight excluding hydrogens is 272 g/mol. The number of ether oxygens (including phenoxy) is 1. The van der Waals surface area contributed by atoms with E-state index in [0.29, 0.717) is 24.3 Å². The van der Waals surface area contributed by atoms with Gasteiger partial charge in [0.2, 0.25) is 5.82 Å². The number of aryl methyl sites for hydroxylation is 1. The van der Waals surface area contributed by atoms with Gasteiger partial charge < -0.3 is 14.7 Å². The van der Waals surface area contributed by atoms with E-state index >= 15 is 0 Å². The van der Waals surface area contributed by atoms with Gasteiger partial charge >= 0.3 is 11.6 Å². The number of hydrogen-bond acceptors (Lipinski definition) is 4. The highest BCUT2D eigenvalue weighted by atomic mass is 16.5. The zero-order valence-corrected chi connectivity index (χ0v) is 11.8. The van der Waals surface area contributed by atoms with Crippen molar-refractivity contribution in [3.05, 3.63) is 24.0 Å². The van der Waals surface area contributed by atoms with Crippen LogP contribution in [0.1, 0.15) is 23.7 Å². The number of carboxylic acid groups (broad SMARTS) is 1. The maximum Gasteiger partial charge on any atom is 0.365 e. The van der Waals surface area contributed by atoms with Crippen molar-refractivity contribution < 1.29 is 19.2 Å². The minimum absolute atomic E-state index is 0.235. The van der Waals surface area contributed by atoms with E-state index in [9.17, 15) is 9.90 Å². The molecule has 110 valence electrons. The molecule has 2 aromatic rings. The third kappa shape index (κ3) is 1.80. The molecule has 0 aliphatic carbocycles. The monoisotopic (exact) mass is 289 g/mol. The first-order valence-corrected chi connectivity index (χ1v) is 7.20. The fraction of sp³-hybridized carbons (Fsp3) is 0.500. The highest BCUT2D eigenvalue weighted by molar-refractivity contribution is 5.93. The van der Waals surface area contributed by atoms with Crippen molar-refractivity contribution in [1.29, 1.82) is 0 Å². The molecule has 0 aromatic carbocycles. The minimum Gasteiger partial charge on any atom is -0.477 e. The molecule has 4 rings (SSSR count). The second-order valence-electron chi connectivity index (χ2n) is 5.55. The Balaban J connectivity index is 1.82. The smallest absolute Gasteiger partial charge is 0.365 e. The normalized spacial score (nSPS) is 24.1. The lowest BCUT2D eigenvalue weighted by Gasteiger charge is -2.24. The van der Waals surface area contributed by atoms with Gasteiger partial charge in [-0.05, 0) is 18.3 Å². The predicted molar refractivity (Wildman–Crippen MR) is 73.5 cm³/mol. The molecule has 2 fully saturated rings. The largest absolute Gasteiger partial charge is 0.477 e. The molecule has 0 unspecified atom stereocenters. The van der Waals surface area contributed by atoms with Crippen molar-refractivity contribution in [2.45, 2.75) is 32.0 Å². The van der Waals surface area contributed by atoms with Gasteiger partial charge in [0.25, 0.3) is 0 Å². The third-order valence-electron chi connectivity index (χ3n) is 4.35. The minimum atomic E-state index is -0.948. The summed E-state index contributed by atoms with van der Waals surface area (Å²) in [6.45, 7) is 4.24. The van der Waals surface area contributed by atoms with E-state index in [0.717, 1.165) is 25.4 Å². The second kappa shape index (κ2) is 4.42. The summed E-state index contributed by atoms with van der Waals surface area (Å²) in [7, 11) is 0. The van der Waals surface area contributed by atoms with Gasteiger partial charge in [0.1, 0.15) is 6.20 Å². The first-order valence-electron chi connectivity index (χ1n) is 7.20. The Kier molecular flexibility index (Phi) is 2.65. The van der Waals surface area contributed by atoms with Crippen LogP contribution in [0.2, 0.25) is 0 Å². The average molecular weight is 289 g/mol. The van der Waals surface area contributed by atoms with E-state index in [1.54, 1.807) is 10.7 Å². The third-order valence-corrected chi connectivity index (χ3v) is 4.35. The van der Waals surface area contributed by atoms with Crippen LogP contribution in [0.3, 0.4) is 0 Å². The molecule has 2 saturated heterocycles. The van der Waals surface area contributed by atoms with E-state index in [-0.39, 0.29) is 5.56 Å². The SMILES string of the molecule is CCn1cc(C(=O)O)c2nc(N3C[C@H]4C[C@@H]3CO4)cc[n+]21. The highest BCUT2D eigenvalue weighted by Crippen LogP contribution is 2.31. The van der Waals surface area contributed by atoms with Crippen molar-refractivity contribution in [3.8, 4) is 0 Å². The van der Waals surface area contributed by atoms with Gasteiger partial charge in [-0.3, -0.25) is 0 Å². The van der Waals surface area contributed by atoms with Crippen molar-refractivity contribution in [3.63, 3.8) is 0 Å². The van der Waals surface area contributed by atoms with Crippen LogP contribution in [0.15, 0.2) is 18.5 Å². The number of morpholine rings is 1. The lowest BCUT2D eigenvalue weighted by atomic mass is 10.2. The fourth-order valence-corrected chi connectivity index (χ4v) is 3.30. The van der Waals surface area contributed by atoms with Crippen LogP contribution in [-0.4, -0.2) is 46.0 Å². The zero-order chi connectivity index (χ0) is 14.6. The van der Waals surface area contributed by atoms with Crippen molar-refractivity contribution in [1.82, 2.24) is 9.67 Å². The Morgan fingerprint density at radius 3 is 3.10 bits per heavy atom. The van der Waals surface area contributed by atoms with Crippen LogP contribution < -0.4 is 9.42 Å². The summed E-state index contributed by atoms with van der Waals surface area (Å²) in [5, 5.41) is 9.35. The number of carbonyl (C=O) groups is 1. The number of rotatable bonds is 3. The van der Waals surface area contributed by atoms with Crippen molar-refractivity contribution in [2.75, 3.05) is 18.1 Å². The maximum atomic E-state index is 11.4. The molecule has 2 aromatic heterocycles. The molecule has 0 spiro atoms. The molecular formula is C14H17N4O3+. The van der Waals surface area contributed by atoms with E-state index < -0.39 is 5.97 Å². The standard InChI is InChI=1S/C14H16N4O3/c1-2-16-7-11(14(19)20)13-15-12(3-4-18(13)16)17-6-10-5-9(17)8-21-10/h3-4,7,9-10H,2,5-6,8H2,1H3/p+1/t9-,10-/m1/s1. The van der Waals surface area contributed by atoms with Crippen LogP contribution in [-0.2, 0) is 11.3 Å². The Hall–Kier alpha value is -2.15. The quantitative estimate of drug-likeness (QED) is 0.824. The fourth-order valence-electron chi connectivity index (χ4n) is 3.30. The molecule has 0 amide bonds. The molecule has 1 N–H and O–H groups in total. The average Bonchev–Trinajstić information content (AvgIpc) is 3.19. The molecule has 4 heterocycles. The molecule has 7 nitrogen and oxygen atoms in total. The topological polar surface area (TPSA) is 71.7 Å². The number of hydrogen-bond donors (Lipinski definition) is 1. The van der Waals surface area contributed by atoms with E-state index in [4.69, 9.17) is 4.74 Å². The Bertz CT molecular complexity index is 726. The lowest BCUT2D eigenvalue weighted by molar-refractivity contribution is -0.611. The number of carboxylic acids is 1. The van der Waals surface area contributed by atoms with Crippen LogP contribution in [0.25, 0.3) is 5.65 Å². The van der Waals surface area contributed by atoms with Crippen LogP contribution >= 0.6 is 0 Å². The molecule has 2 bridgehead atoms. The lowest BCUT2D eigenvalue weighted by Crippen LogP contribution is -2.39. The maximum absolute atomic E-state index is 11.4. The molecule has 7 heteroatoms. The highest BCUT2D eigenvalue weighted by Gasteiger charge is 2.41. The number of aromatic nitrogens is 3. The van der Waals surface area contributed by atoms with Crippen LogP contribution in [0.4, 0.5) is 5.82 Å². The van der Waals surface area contributed by atoms with E-state index in [2.05, 4.69) is 9.88 Å². The van der Waals surface area contributed by atoms with E-state index in [1.165, 1.54) is 0 Å². The zero-order valence-electron chi connectivity index (χ0n) is 11.8. The summed E-state index contributed by atoms with van der Waals surface area (Å²) in [5.41, 5.74) is 0.727. The van der Waals surface area contributed by atoms with Gasteiger partial charge in [-0.2, -0.15) is 0 Å². The number of nitrogens with zero attached hydrogens (tertiary/aromatic N) is 4. The Labute approximate surface area is 121 Å². The summed E-state index contributed by atoms with van der Waals surface area (Å²) in [6.07, 6.45) is 4.85. The number of anilines is 1. The van der Waals surface area contributed by atoms with E-state index in [1.807, 2.05) is 23.9 Å². The summed E-state index contributed by atoms with van der Waals surface area (Å²) in [5.74, 6) is -0.113. The summed E-state index contributed by atoms with van der Waals surface area (Å²) in [6, 6.07) is 2.32. The second-order valence-corrected chi connectivity index (χ2v) is 5.55. The van der Waals surface area contributed by atoms with Crippen LogP contribution in [0, 0.1) is 0 Å². The molecule has 2 aliphatic rings. The van der Waals surface area contributed by atoms with Crippen LogP contribution in [0.5, 0.6) is 0 Å². The van der Waals surface area contributed by atoms with Gasteiger partial charge in [-0.1, -0.05) is 0 Å². The van der Waals surface area contributed by atoms with Gasteiger partial charge in [0.05, 0.1) is 31.5 Å². The first kappa shape index (κ1) is 12.6. The van der Waals surface area contributed by atoms with Crippen molar-refractivity contribution >= 4 is 17.4 Å². The summed E-state index contributed by atoms with van der Waals surface area (Å²) < 4.78 is 9.23. The Morgan fingerprint density at radius 2 is 2.48 bits per heavy atom. The molecule has 2 aliphatic heterocycles.